The van der Waals surface area contributed by atoms with Gasteiger partial charge in [-0.15, -0.1) is 0 Å². The fourth-order valence-electron chi connectivity index (χ4n) is 3.09. The van der Waals surface area contributed by atoms with E-state index >= 15 is 0 Å². The van der Waals surface area contributed by atoms with E-state index in [1.54, 1.807) is 0 Å². The van der Waals surface area contributed by atoms with Crippen molar-refractivity contribution in [3.8, 4) is 0 Å². The molecule has 0 radical (unpaired) electrons. The summed E-state index contributed by atoms with van der Waals surface area (Å²) in [6.45, 7) is 5.07. The third-order valence-electron chi connectivity index (χ3n) is 4.71. The molecule has 2 amide bonds. The zero-order chi connectivity index (χ0) is 13.2. The number of nitrogens with one attached hydrogen (secondary N) is 2. The van der Waals surface area contributed by atoms with Crippen molar-refractivity contribution in [3.63, 3.8) is 0 Å². The summed E-state index contributed by atoms with van der Waals surface area (Å²) in [6.07, 6.45) is 7.93. The molecule has 0 heterocycles. The molecule has 4 heteroatoms. The SMILES string of the molecule is CCN(CCNC(=O)NC(C1CC1)C1CC1)C1CC1. The first kappa shape index (κ1) is 13.2. The molecule has 108 valence electrons. The van der Waals surface area contributed by atoms with E-state index in [9.17, 15) is 4.79 Å². The Hall–Kier alpha value is -0.770. The predicted molar refractivity (Wildman–Crippen MR) is 76.0 cm³/mol. The van der Waals surface area contributed by atoms with Crippen LogP contribution in [0, 0.1) is 11.8 Å². The first-order valence-electron chi connectivity index (χ1n) is 8.06. The van der Waals surface area contributed by atoms with Gasteiger partial charge in [0.15, 0.2) is 0 Å². The molecule has 3 aliphatic rings. The number of nitrogens with zero attached hydrogens (tertiary/aromatic N) is 1. The molecule has 3 rings (SSSR count). The van der Waals surface area contributed by atoms with Gasteiger partial charge in [0.25, 0.3) is 0 Å². The van der Waals surface area contributed by atoms with Gasteiger partial charge < -0.3 is 10.6 Å². The Morgan fingerprint density at radius 1 is 1.16 bits per heavy atom. The summed E-state index contributed by atoms with van der Waals surface area (Å²) in [6, 6.07) is 1.31. The minimum Gasteiger partial charge on any atom is -0.337 e. The predicted octanol–water partition coefficient (Wildman–Crippen LogP) is 1.96. The largest absolute Gasteiger partial charge is 0.337 e. The molecule has 0 atom stereocenters. The van der Waals surface area contributed by atoms with Crippen molar-refractivity contribution in [2.75, 3.05) is 19.6 Å². The van der Waals surface area contributed by atoms with E-state index in [0.29, 0.717) is 6.04 Å². The highest BCUT2D eigenvalue weighted by atomic mass is 16.2. The lowest BCUT2D eigenvalue weighted by Crippen LogP contribution is -2.46. The van der Waals surface area contributed by atoms with Crippen molar-refractivity contribution in [3.05, 3.63) is 0 Å². The van der Waals surface area contributed by atoms with Gasteiger partial charge in [0.05, 0.1) is 0 Å². The van der Waals surface area contributed by atoms with Crippen molar-refractivity contribution in [1.29, 1.82) is 0 Å². The summed E-state index contributed by atoms with van der Waals surface area (Å²) in [5.74, 6) is 1.55. The van der Waals surface area contributed by atoms with Gasteiger partial charge in [-0.3, -0.25) is 4.90 Å². The second kappa shape index (κ2) is 5.70. The topological polar surface area (TPSA) is 44.4 Å². The quantitative estimate of drug-likeness (QED) is 0.704. The van der Waals surface area contributed by atoms with Gasteiger partial charge in [0.2, 0.25) is 0 Å². The lowest BCUT2D eigenvalue weighted by atomic mass is 10.1. The molecule has 0 saturated heterocycles. The molecule has 19 heavy (non-hydrogen) atoms. The number of rotatable bonds is 8. The highest BCUT2D eigenvalue weighted by molar-refractivity contribution is 5.74. The van der Waals surface area contributed by atoms with E-state index in [-0.39, 0.29) is 6.03 Å². The number of carbonyl (C=O) groups excluding carboxylic acids is 1. The van der Waals surface area contributed by atoms with E-state index in [1.165, 1.54) is 38.5 Å². The van der Waals surface area contributed by atoms with Gasteiger partial charge in [0, 0.05) is 25.2 Å². The average molecular weight is 265 g/mol. The Labute approximate surface area is 116 Å². The van der Waals surface area contributed by atoms with Gasteiger partial charge in [-0.1, -0.05) is 6.92 Å². The van der Waals surface area contributed by atoms with E-state index < -0.39 is 0 Å². The number of amides is 2. The Morgan fingerprint density at radius 3 is 2.26 bits per heavy atom. The second-order valence-corrected chi connectivity index (χ2v) is 6.46. The molecule has 0 bridgehead atoms. The minimum absolute atomic E-state index is 0.0515. The van der Waals surface area contributed by atoms with Crippen LogP contribution in [0.3, 0.4) is 0 Å². The normalized spacial score (nSPS) is 22.9. The Bertz CT molecular complexity index is 309. The van der Waals surface area contributed by atoms with Crippen molar-refractivity contribution >= 4 is 6.03 Å². The van der Waals surface area contributed by atoms with Crippen LogP contribution in [-0.4, -0.2) is 42.6 Å². The first-order valence-corrected chi connectivity index (χ1v) is 8.06. The third-order valence-corrected chi connectivity index (χ3v) is 4.71. The summed E-state index contributed by atoms with van der Waals surface area (Å²) in [5, 5.41) is 6.24. The average Bonchev–Trinajstić information content (AvgIpc) is 3.29. The fourth-order valence-corrected chi connectivity index (χ4v) is 3.09. The van der Waals surface area contributed by atoms with Crippen LogP contribution in [0.25, 0.3) is 0 Å². The van der Waals surface area contributed by atoms with E-state index in [2.05, 4.69) is 22.5 Å². The smallest absolute Gasteiger partial charge is 0.315 e. The van der Waals surface area contributed by atoms with Crippen LogP contribution in [0.5, 0.6) is 0 Å². The number of hydrogen-bond donors (Lipinski definition) is 2. The van der Waals surface area contributed by atoms with Gasteiger partial charge in [-0.25, -0.2) is 4.79 Å². The highest BCUT2D eigenvalue weighted by Crippen LogP contribution is 2.44. The fraction of sp³-hybridized carbons (Fsp3) is 0.933. The monoisotopic (exact) mass is 265 g/mol. The van der Waals surface area contributed by atoms with Gasteiger partial charge in [-0.2, -0.15) is 0 Å². The number of likely N-dealkylation sites (N-methyl/N-ethyl adjacent to an activating group) is 1. The number of carbonyl (C=O) groups is 1. The molecule has 0 aliphatic heterocycles. The van der Waals surface area contributed by atoms with Crippen molar-refractivity contribution in [2.45, 2.75) is 57.5 Å². The minimum atomic E-state index is 0.0515. The van der Waals surface area contributed by atoms with E-state index in [4.69, 9.17) is 0 Å². The van der Waals surface area contributed by atoms with Gasteiger partial charge in [0.1, 0.15) is 0 Å². The summed E-state index contributed by atoms with van der Waals surface area (Å²) in [7, 11) is 0. The Kier molecular flexibility index (Phi) is 3.96. The van der Waals surface area contributed by atoms with Crippen LogP contribution in [0.4, 0.5) is 4.79 Å². The lowest BCUT2D eigenvalue weighted by Gasteiger charge is -2.21. The third kappa shape index (κ3) is 3.85. The molecule has 0 aromatic carbocycles. The molecule has 0 aromatic heterocycles. The molecule has 4 nitrogen and oxygen atoms in total. The summed E-state index contributed by atoms with van der Waals surface area (Å²) in [5.41, 5.74) is 0. The molecule has 3 aliphatic carbocycles. The van der Waals surface area contributed by atoms with Crippen molar-refractivity contribution in [1.82, 2.24) is 15.5 Å². The van der Waals surface area contributed by atoms with Crippen molar-refractivity contribution < 1.29 is 4.79 Å². The lowest BCUT2D eigenvalue weighted by molar-refractivity contribution is 0.228. The number of hydrogen-bond acceptors (Lipinski definition) is 2. The number of urea groups is 1. The second-order valence-electron chi connectivity index (χ2n) is 6.46. The Morgan fingerprint density at radius 2 is 1.79 bits per heavy atom. The Balaban J connectivity index is 1.33. The van der Waals surface area contributed by atoms with Gasteiger partial charge in [-0.05, 0) is 56.9 Å². The van der Waals surface area contributed by atoms with Crippen LogP contribution in [0.2, 0.25) is 0 Å². The highest BCUT2D eigenvalue weighted by Gasteiger charge is 2.42. The van der Waals surface area contributed by atoms with Crippen LogP contribution in [0.1, 0.15) is 45.4 Å². The molecular formula is C15H27N3O. The maximum atomic E-state index is 11.9. The maximum absolute atomic E-state index is 11.9. The summed E-state index contributed by atoms with van der Waals surface area (Å²) >= 11 is 0. The van der Waals surface area contributed by atoms with Crippen molar-refractivity contribution in [2.24, 2.45) is 11.8 Å². The van der Waals surface area contributed by atoms with E-state index in [0.717, 1.165) is 37.5 Å². The molecule has 3 saturated carbocycles. The molecule has 0 spiro atoms. The molecule has 2 N–H and O–H groups in total. The zero-order valence-corrected chi connectivity index (χ0v) is 12.0. The zero-order valence-electron chi connectivity index (χ0n) is 12.0. The molecule has 0 unspecified atom stereocenters. The van der Waals surface area contributed by atoms with Crippen LogP contribution in [0.15, 0.2) is 0 Å². The van der Waals surface area contributed by atoms with Gasteiger partial charge >= 0.3 is 6.03 Å². The molecule has 3 fully saturated rings. The summed E-state index contributed by atoms with van der Waals surface area (Å²) < 4.78 is 0. The van der Waals surface area contributed by atoms with Crippen LogP contribution in [-0.2, 0) is 0 Å². The molecular weight excluding hydrogens is 238 g/mol. The van der Waals surface area contributed by atoms with E-state index in [1.807, 2.05) is 0 Å². The summed E-state index contributed by atoms with van der Waals surface area (Å²) in [4.78, 5) is 14.4. The first-order chi connectivity index (χ1) is 9.28. The van der Waals surface area contributed by atoms with Crippen LogP contribution >= 0.6 is 0 Å². The standard InChI is InChI=1S/C15H27N3O/c1-2-18(13-7-8-13)10-9-16-15(19)17-14(11-3-4-11)12-5-6-12/h11-14H,2-10H2,1H3,(H2,16,17,19). The molecule has 0 aromatic rings. The van der Waals surface area contributed by atoms with Crippen LogP contribution < -0.4 is 10.6 Å². The maximum Gasteiger partial charge on any atom is 0.315 e.